The van der Waals surface area contributed by atoms with Crippen LogP contribution < -0.4 is 5.32 Å². The highest BCUT2D eigenvalue weighted by Gasteiger charge is 2.23. The van der Waals surface area contributed by atoms with Crippen LogP contribution in [0, 0.1) is 0 Å². The molecule has 0 aromatic carbocycles. The monoisotopic (exact) mass is 381 g/mol. The first-order chi connectivity index (χ1) is 8.20. The predicted octanol–water partition coefficient (Wildman–Crippen LogP) is 4.49. The highest BCUT2D eigenvalue weighted by Crippen LogP contribution is 2.37. The summed E-state index contributed by atoms with van der Waals surface area (Å²) >= 11 is 8.91. The van der Waals surface area contributed by atoms with Crippen LogP contribution in [0.4, 0.5) is 0 Å². The lowest BCUT2D eigenvalue weighted by atomic mass is 10.1. The molecule has 1 aromatic rings. The fourth-order valence-electron chi connectivity index (χ4n) is 2.17. The molecule has 0 saturated carbocycles. The molecule has 5 heteroatoms. The lowest BCUT2D eigenvalue weighted by Gasteiger charge is -2.19. The summed E-state index contributed by atoms with van der Waals surface area (Å²) in [6, 6.07) is 2.62. The standard InChI is InChI=1S/C12H17Br2NOS/c1-2-15-10(6-8-4-3-5-16-8)11-7-9(13)12(14)17-11/h7-8,10,15H,2-6H2,1H3. The van der Waals surface area contributed by atoms with Gasteiger partial charge in [0.25, 0.3) is 0 Å². The Bertz CT molecular complexity index is 344. The number of rotatable bonds is 5. The van der Waals surface area contributed by atoms with Crippen LogP contribution in [-0.2, 0) is 4.74 Å². The smallest absolute Gasteiger partial charge is 0.0843 e. The summed E-state index contributed by atoms with van der Waals surface area (Å²) in [5.41, 5.74) is 0. The van der Waals surface area contributed by atoms with Crippen LogP contribution in [0.25, 0.3) is 0 Å². The van der Waals surface area contributed by atoms with Gasteiger partial charge in [0.05, 0.1) is 9.89 Å². The van der Waals surface area contributed by atoms with Crippen molar-refractivity contribution in [3.63, 3.8) is 0 Å². The molecule has 2 heterocycles. The molecule has 96 valence electrons. The van der Waals surface area contributed by atoms with E-state index in [1.54, 1.807) is 11.3 Å². The number of hydrogen-bond acceptors (Lipinski definition) is 3. The van der Waals surface area contributed by atoms with E-state index in [0.717, 1.165) is 24.0 Å². The summed E-state index contributed by atoms with van der Waals surface area (Å²) in [7, 11) is 0. The average molecular weight is 383 g/mol. The maximum Gasteiger partial charge on any atom is 0.0843 e. The molecule has 2 atom stereocenters. The van der Waals surface area contributed by atoms with Gasteiger partial charge < -0.3 is 10.1 Å². The maximum atomic E-state index is 5.73. The van der Waals surface area contributed by atoms with Gasteiger partial charge in [0.2, 0.25) is 0 Å². The van der Waals surface area contributed by atoms with Crippen LogP contribution in [0.15, 0.2) is 14.3 Å². The molecular weight excluding hydrogens is 366 g/mol. The third kappa shape index (κ3) is 3.77. The summed E-state index contributed by atoms with van der Waals surface area (Å²) in [5.74, 6) is 0. The Kier molecular flexibility index (Phi) is 5.49. The Morgan fingerprint density at radius 3 is 2.94 bits per heavy atom. The molecule has 0 aliphatic carbocycles. The maximum absolute atomic E-state index is 5.73. The molecule has 1 N–H and O–H groups in total. The first kappa shape index (κ1) is 14.0. The minimum atomic E-state index is 0.413. The van der Waals surface area contributed by atoms with Crippen LogP contribution >= 0.6 is 43.2 Å². The van der Waals surface area contributed by atoms with Gasteiger partial charge in [-0.3, -0.25) is 0 Å². The number of thiophene rings is 1. The number of halogens is 2. The Hall–Kier alpha value is 0.580. The zero-order valence-electron chi connectivity index (χ0n) is 9.84. The topological polar surface area (TPSA) is 21.3 Å². The SMILES string of the molecule is CCNC(CC1CCCO1)c1cc(Br)c(Br)s1. The highest BCUT2D eigenvalue weighted by atomic mass is 79.9. The van der Waals surface area contributed by atoms with Crippen molar-refractivity contribution in [2.45, 2.75) is 38.3 Å². The van der Waals surface area contributed by atoms with Crippen molar-refractivity contribution in [1.82, 2.24) is 5.32 Å². The number of nitrogens with one attached hydrogen (secondary N) is 1. The van der Waals surface area contributed by atoms with E-state index in [0.29, 0.717) is 12.1 Å². The van der Waals surface area contributed by atoms with Gasteiger partial charge in [-0.05, 0) is 63.7 Å². The number of ether oxygens (including phenoxy) is 1. The summed E-state index contributed by atoms with van der Waals surface area (Å²) in [6.07, 6.45) is 3.92. The van der Waals surface area contributed by atoms with E-state index >= 15 is 0 Å². The van der Waals surface area contributed by atoms with E-state index in [2.05, 4.69) is 50.2 Å². The van der Waals surface area contributed by atoms with Crippen molar-refractivity contribution in [2.24, 2.45) is 0 Å². The van der Waals surface area contributed by atoms with Gasteiger partial charge in [-0.15, -0.1) is 11.3 Å². The fraction of sp³-hybridized carbons (Fsp3) is 0.667. The van der Waals surface area contributed by atoms with Crippen LogP contribution in [0.2, 0.25) is 0 Å². The van der Waals surface area contributed by atoms with Crippen LogP contribution in [-0.4, -0.2) is 19.3 Å². The molecule has 17 heavy (non-hydrogen) atoms. The normalized spacial score (nSPS) is 21.9. The van der Waals surface area contributed by atoms with Crippen molar-refractivity contribution in [3.8, 4) is 0 Å². The Balaban J connectivity index is 2.04. The van der Waals surface area contributed by atoms with E-state index in [1.165, 1.54) is 21.5 Å². The fourth-order valence-corrected chi connectivity index (χ4v) is 4.35. The molecule has 1 saturated heterocycles. The molecule has 2 nitrogen and oxygen atoms in total. The van der Waals surface area contributed by atoms with E-state index in [9.17, 15) is 0 Å². The van der Waals surface area contributed by atoms with Gasteiger partial charge >= 0.3 is 0 Å². The minimum absolute atomic E-state index is 0.413. The summed E-state index contributed by atoms with van der Waals surface area (Å²) in [6.45, 7) is 4.08. The van der Waals surface area contributed by atoms with Crippen molar-refractivity contribution in [1.29, 1.82) is 0 Å². The Labute approximate surface area is 123 Å². The van der Waals surface area contributed by atoms with Gasteiger partial charge in [0.1, 0.15) is 0 Å². The molecule has 1 fully saturated rings. The summed E-state index contributed by atoms with van der Waals surface area (Å²) < 4.78 is 8.04. The Morgan fingerprint density at radius 2 is 2.41 bits per heavy atom. The molecule has 0 spiro atoms. The van der Waals surface area contributed by atoms with Gasteiger partial charge in [-0.25, -0.2) is 0 Å². The van der Waals surface area contributed by atoms with E-state index in [4.69, 9.17) is 4.74 Å². The van der Waals surface area contributed by atoms with Crippen LogP contribution in [0.5, 0.6) is 0 Å². The third-order valence-electron chi connectivity index (χ3n) is 2.98. The first-order valence-corrected chi connectivity index (χ1v) is 8.40. The Morgan fingerprint density at radius 1 is 1.59 bits per heavy atom. The van der Waals surface area contributed by atoms with Crippen molar-refractivity contribution >= 4 is 43.2 Å². The molecule has 2 unspecified atom stereocenters. The van der Waals surface area contributed by atoms with Crippen LogP contribution in [0.1, 0.15) is 37.1 Å². The molecule has 0 amide bonds. The predicted molar refractivity (Wildman–Crippen MR) is 79.7 cm³/mol. The second-order valence-electron chi connectivity index (χ2n) is 4.25. The largest absolute Gasteiger partial charge is 0.378 e. The van der Waals surface area contributed by atoms with Gasteiger partial charge in [-0.1, -0.05) is 6.92 Å². The average Bonchev–Trinajstić information content (AvgIpc) is 2.90. The van der Waals surface area contributed by atoms with Gasteiger partial charge in [-0.2, -0.15) is 0 Å². The molecule has 0 radical (unpaired) electrons. The molecule has 1 aliphatic rings. The molecule has 1 aliphatic heterocycles. The second kappa shape index (κ2) is 6.66. The lowest BCUT2D eigenvalue weighted by Crippen LogP contribution is -2.24. The van der Waals surface area contributed by atoms with E-state index < -0.39 is 0 Å². The van der Waals surface area contributed by atoms with E-state index in [1.807, 2.05) is 0 Å². The molecule has 1 aromatic heterocycles. The molecule has 2 rings (SSSR count). The number of hydrogen-bond donors (Lipinski definition) is 1. The summed E-state index contributed by atoms with van der Waals surface area (Å²) in [5, 5.41) is 3.56. The zero-order valence-corrected chi connectivity index (χ0v) is 13.8. The van der Waals surface area contributed by atoms with Crippen molar-refractivity contribution in [3.05, 3.63) is 19.2 Å². The minimum Gasteiger partial charge on any atom is -0.378 e. The third-order valence-corrected chi connectivity index (χ3v) is 6.35. The quantitative estimate of drug-likeness (QED) is 0.809. The van der Waals surface area contributed by atoms with Crippen molar-refractivity contribution in [2.75, 3.05) is 13.2 Å². The van der Waals surface area contributed by atoms with Crippen molar-refractivity contribution < 1.29 is 4.74 Å². The van der Waals surface area contributed by atoms with E-state index in [-0.39, 0.29) is 0 Å². The second-order valence-corrected chi connectivity index (χ2v) is 7.51. The van der Waals surface area contributed by atoms with Gasteiger partial charge in [0, 0.05) is 22.0 Å². The van der Waals surface area contributed by atoms with Crippen LogP contribution in [0.3, 0.4) is 0 Å². The molecular formula is C12H17Br2NOS. The first-order valence-electron chi connectivity index (χ1n) is 6.00. The zero-order chi connectivity index (χ0) is 12.3. The molecule has 0 bridgehead atoms. The highest BCUT2D eigenvalue weighted by molar-refractivity contribution is 9.13. The van der Waals surface area contributed by atoms with Gasteiger partial charge in [0.15, 0.2) is 0 Å². The lowest BCUT2D eigenvalue weighted by molar-refractivity contribution is 0.0951. The summed E-state index contributed by atoms with van der Waals surface area (Å²) in [4.78, 5) is 1.38.